The molecule has 0 aromatic heterocycles. The molecule has 1 N–H and O–H groups in total. The number of carbonyl (C=O) groups is 1. The molecule has 4 nitrogen and oxygen atoms in total. The van der Waals surface area contributed by atoms with Crippen LogP contribution in [0.5, 0.6) is 0 Å². The smallest absolute Gasteiger partial charge is 0.241 e. The monoisotopic (exact) mass is 191 g/mol. The Bertz CT molecular complexity index is 299. The van der Waals surface area contributed by atoms with Crippen molar-refractivity contribution in [3.8, 4) is 6.07 Å². The number of carbonyl (C=O) groups excluding carboxylic acids is 1. The van der Waals surface area contributed by atoms with Crippen molar-refractivity contribution in [3.63, 3.8) is 0 Å². The summed E-state index contributed by atoms with van der Waals surface area (Å²) in [5.41, 5.74) is 0. The first-order valence-corrected chi connectivity index (χ1v) is 4.93. The largest absolute Gasteiger partial charge is 0.318 e. The van der Waals surface area contributed by atoms with Gasteiger partial charge in [0.05, 0.1) is 12.1 Å². The minimum absolute atomic E-state index is 0.0641. The van der Waals surface area contributed by atoms with E-state index in [2.05, 4.69) is 11.4 Å². The molecule has 2 heterocycles. The molecule has 2 atom stereocenters. The Morgan fingerprint density at radius 3 is 3.14 bits per heavy atom. The number of rotatable bonds is 1. The quantitative estimate of drug-likeness (QED) is 0.595. The van der Waals surface area contributed by atoms with Crippen LogP contribution in [0.25, 0.3) is 0 Å². The highest BCUT2D eigenvalue weighted by Crippen LogP contribution is 2.14. The van der Waals surface area contributed by atoms with Crippen LogP contribution in [-0.4, -0.2) is 36.0 Å². The van der Waals surface area contributed by atoms with Gasteiger partial charge >= 0.3 is 0 Å². The van der Waals surface area contributed by atoms with Gasteiger partial charge in [0, 0.05) is 6.54 Å². The highest BCUT2D eigenvalue weighted by molar-refractivity contribution is 5.83. The van der Waals surface area contributed by atoms with Crippen molar-refractivity contribution in [2.45, 2.75) is 24.9 Å². The van der Waals surface area contributed by atoms with E-state index in [0.717, 1.165) is 19.4 Å². The van der Waals surface area contributed by atoms with Gasteiger partial charge < -0.3 is 10.2 Å². The maximum Gasteiger partial charge on any atom is 0.241 e. The van der Waals surface area contributed by atoms with E-state index < -0.39 is 0 Å². The molecule has 0 aliphatic carbocycles. The summed E-state index contributed by atoms with van der Waals surface area (Å²) in [5, 5.41) is 12.0. The maximum atomic E-state index is 11.9. The number of hydrogen-bond donors (Lipinski definition) is 1. The van der Waals surface area contributed by atoms with Crippen molar-refractivity contribution in [1.29, 1.82) is 5.26 Å². The van der Waals surface area contributed by atoms with Gasteiger partial charge in [-0.15, -0.1) is 0 Å². The van der Waals surface area contributed by atoms with Gasteiger partial charge in [0.25, 0.3) is 0 Å². The van der Waals surface area contributed by atoms with E-state index in [4.69, 9.17) is 5.26 Å². The molecule has 0 aromatic carbocycles. The lowest BCUT2D eigenvalue weighted by Gasteiger charge is -2.23. The van der Waals surface area contributed by atoms with Crippen molar-refractivity contribution in [1.82, 2.24) is 10.2 Å². The van der Waals surface area contributed by atoms with E-state index in [0.29, 0.717) is 6.54 Å². The van der Waals surface area contributed by atoms with E-state index >= 15 is 0 Å². The number of amides is 1. The second-order valence-electron chi connectivity index (χ2n) is 3.64. The average molecular weight is 191 g/mol. The van der Waals surface area contributed by atoms with Crippen molar-refractivity contribution in [3.05, 3.63) is 12.2 Å². The predicted molar refractivity (Wildman–Crippen MR) is 51.3 cm³/mol. The zero-order valence-electron chi connectivity index (χ0n) is 7.94. The normalized spacial score (nSPS) is 30.6. The first-order chi connectivity index (χ1) is 6.83. The summed E-state index contributed by atoms with van der Waals surface area (Å²) in [4.78, 5) is 13.5. The van der Waals surface area contributed by atoms with Crippen LogP contribution in [0.1, 0.15) is 12.8 Å². The molecule has 0 spiro atoms. The Hall–Kier alpha value is -1.34. The van der Waals surface area contributed by atoms with Crippen LogP contribution in [0.3, 0.4) is 0 Å². The lowest BCUT2D eigenvalue weighted by molar-refractivity contribution is -0.132. The molecule has 2 aliphatic rings. The summed E-state index contributed by atoms with van der Waals surface area (Å²) in [6, 6.07) is 1.69. The van der Waals surface area contributed by atoms with Crippen molar-refractivity contribution in [2.75, 3.05) is 13.1 Å². The number of hydrogen-bond acceptors (Lipinski definition) is 3. The lowest BCUT2D eigenvalue weighted by atomic mass is 10.2. The fraction of sp³-hybridized carbons (Fsp3) is 0.600. The van der Waals surface area contributed by atoms with Crippen LogP contribution in [0.4, 0.5) is 0 Å². The third-order valence-electron chi connectivity index (χ3n) is 2.73. The van der Waals surface area contributed by atoms with Crippen LogP contribution >= 0.6 is 0 Å². The third kappa shape index (κ3) is 1.51. The molecule has 1 amide bonds. The highest BCUT2D eigenvalue weighted by Gasteiger charge is 2.31. The summed E-state index contributed by atoms with van der Waals surface area (Å²) >= 11 is 0. The standard InChI is InChI=1S/C10H13N3O/c11-7-8-3-2-6-13(8)10(14)9-4-1-5-12-9/h2-3,8-9,12H,1,4-6H2/t8-,9-/m0/s1. The Labute approximate surface area is 83.2 Å². The summed E-state index contributed by atoms with van der Waals surface area (Å²) < 4.78 is 0. The van der Waals surface area contributed by atoms with Crippen LogP contribution in [0.15, 0.2) is 12.2 Å². The van der Waals surface area contributed by atoms with Crippen molar-refractivity contribution in [2.24, 2.45) is 0 Å². The van der Waals surface area contributed by atoms with Gasteiger partial charge in [-0.1, -0.05) is 6.08 Å². The third-order valence-corrected chi connectivity index (χ3v) is 2.73. The lowest BCUT2D eigenvalue weighted by Crippen LogP contribution is -2.45. The Kier molecular flexibility index (Phi) is 2.51. The van der Waals surface area contributed by atoms with Gasteiger partial charge in [-0.05, 0) is 25.5 Å². The predicted octanol–water partition coefficient (Wildman–Crippen LogP) is 0.0290. The van der Waals surface area contributed by atoms with E-state index in [1.165, 1.54) is 0 Å². The van der Waals surface area contributed by atoms with E-state index in [1.807, 2.05) is 6.08 Å². The molecule has 2 aliphatic heterocycles. The minimum atomic E-state index is -0.357. The summed E-state index contributed by atoms with van der Waals surface area (Å²) in [7, 11) is 0. The molecule has 0 radical (unpaired) electrons. The molecule has 0 saturated carbocycles. The SMILES string of the molecule is N#C[C@@H]1C=CCN1C(=O)[C@@H]1CCCN1. The number of nitriles is 1. The topological polar surface area (TPSA) is 56.1 Å². The molecular weight excluding hydrogens is 178 g/mol. The second kappa shape index (κ2) is 3.81. The minimum Gasteiger partial charge on any atom is -0.318 e. The second-order valence-corrected chi connectivity index (χ2v) is 3.64. The molecule has 2 rings (SSSR count). The highest BCUT2D eigenvalue weighted by atomic mass is 16.2. The molecule has 0 unspecified atom stereocenters. The van der Waals surface area contributed by atoms with E-state index in [9.17, 15) is 4.79 Å². The van der Waals surface area contributed by atoms with Crippen LogP contribution in [0, 0.1) is 11.3 Å². The Morgan fingerprint density at radius 2 is 2.50 bits per heavy atom. The van der Waals surface area contributed by atoms with Crippen LogP contribution < -0.4 is 5.32 Å². The fourth-order valence-corrected chi connectivity index (χ4v) is 1.96. The summed E-state index contributed by atoms with van der Waals surface area (Å²) in [6.07, 6.45) is 5.61. The zero-order valence-corrected chi connectivity index (χ0v) is 7.94. The first kappa shape index (κ1) is 9.22. The van der Waals surface area contributed by atoms with Gasteiger partial charge in [0.2, 0.25) is 5.91 Å². The van der Waals surface area contributed by atoms with Gasteiger partial charge in [0.15, 0.2) is 0 Å². The van der Waals surface area contributed by atoms with Crippen LogP contribution in [-0.2, 0) is 4.79 Å². The Balaban J connectivity index is 2.01. The van der Waals surface area contributed by atoms with Gasteiger partial charge in [-0.25, -0.2) is 0 Å². The fourth-order valence-electron chi connectivity index (χ4n) is 1.96. The summed E-state index contributed by atoms with van der Waals surface area (Å²) in [6.45, 7) is 1.49. The molecule has 4 heteroatoms. The average Bonchev–Trinajstić information content (AvgIpc) is 2.87. The molecule has 1 fully saturated rings. The van der Waals surface area contributed by atoms with Gasteiger partial charge in [0.1, 0.15) is 6.04 Å². The number of nitrogens with one attached hydrogen (secondary N) is 1. The molecule has 0 aromatic rings. The van der Waals surface area contributed by atoms with Crippen molar-refractivity contribution < 1.29 is 4.79 Å². The molecule has 0 bridgehead atoms. The summed E-state index contributed by atoms with van der Waals surface area (Å²) in [5.74, 6) is 0.0686. The molecule has 14 heavy (non-hydrogen) atoms. The Morgan fingerprint density at radius 1 is 1.64 bits per heavy atom. The van der Waals surface area contributed by atoms with E-state index in [-0.39, 0.29) is 18.0 Å². The number of nitrogens with zero attached hydrogens (tertiary/aromatic N) is 2. The maximum absolute atomic E-state index is 11.9. The zero-order chi connectivity index (χ0) is 9.97. The first-order valence-electron chi connectivity index (χ1n) is 4.93. The van der Waals surface area contributed by atoms with Crippen molar-refractivity contribution >= 4 is 5.91 Å². The van der Waals surface area contributed by atoms with Gasteiger partial charge in [-0.3, -0.25) is 4.79 Å². The molecule has 1 saturated heterocycles. The molecule has 74 valence electrons. The van der Waals surface area contributed by atoms with E-state index in [1.54, 1.807) is 11.0 Å². The van der Waals surface area contributed by atoms with Crippen LogP contribution in [0.2, 0.25) is 0 Å². The molecular formula is C10H13N3O. The van der Waals surface area contributed by atoms with Gasteiger partial charge in [-0.2, -0.15) is 5.26 Å².